The monoisotopic (exact) mass is 248 g/mol. The second kappa shape index (κ2) is 5.01. The number of unbranched alkanes of at least 4 members (excludes halogenated alkanes) is 2. The molecule has 0 spiro atoms. The molecule has 0 saturated heterocycles. The van der Waals surface area contributed by atoms with Crippen molar-refractivity contribution in [1.29, 1.82) is 0 Å². The summed E-state index contributed by atoms with van der Waals surface area (Å²) in [6.45, 7) is 4.14. The molecule has 0 radical (unpaired) electrons. The standard InChI is InChI=1S/C15H20O3/c1-3-4-5-6-11-9(2)12-7-10(16)8-13(17)14(12)15(11)18/h7-9,11,16-17H,3-6H2,1-2H3/t9-,11+/m0/s1. The summed E-state index contributed by atoms with van der Waals surface area (Å²) in [7, 11) is 0. The molecule has 0 amide bonds. The predicted molar refractivity (Wildman–Crippen MR) is 70.1 cm³/mol. The molecule has 2 N–H and O–H groups in total. The molecule has 0 aliphatic heterocycles. The van der Waals surface area contributed by atoms with E-state index in [1.807, 2.05) is 6.92 Å². The number of phenolic OH excluding ortho intramolecular Hbond substituents is 2. The van der Waals surface area contributed by atoms with Crippen LogP contribution in [0.4, 0.5) is 0 Å². The van der Waals surface area contributed by atoms with Crippen LogP contribution < -0.4 is 0 Å². The smallest absolute Gasteiger partial charge is 0.170 e. The molecule has 0 heterocycles. The van der Waals surface area contributed by atoms with Gasteiger partial charge in [-0.05, 0) is 24.0 Å². The molecule has 3 nitrogen and oxygen atoms in total. The molecule has 98 valence electrons. The summed E-state index contributed by atoms with van der Waals surface area (Å²) in [6, 6.07) is 2.86. The van der Waals surface area contributed by atoms with Gasteiger partial charge in [-0.25, -0.2) is 0 Å². The van der Waals surface area contributed by atoms with E-state index in [2.05, 4.69) is 6.92 Å². The minimum absolute atomic E-state index is 0.0279. The molecule has 0 fully saturated rings. The van der Waals surface area contributed by atoms with E-state index in [4.69, 9.17) is 0 Å². The zero-order valence-electron chi connectivity index (χ0n) is 10.9. The summed E-state index contributed by atoms with van der Waals surface area (Å²) in [5, 5.41) is 19.3. The van der Waals surface area contributed by atoms with Crippen molar-refractivity contribution >= 4 is 5.78 Å². The number of hydrogen-bond donors (Lipinski definition) is 2. The zero-order valence-corrected chi connectivity index (χ0v) is 10.9. The van der Waals surface area contributed by atoms with Crippen LogP contribution in [-0.4, -0.2) is 16.0 Å². The highest BCUT2D eigenvalue weighted by atomic mass is 16.3. The van der Waals surface area contributed by atoms with Gasteiger partial charge in [0, 0.05) is 12.0 Å². The van der Waals surface area contributed by atoms with E-state index < -0.39 is 0 Å². The van der Waals surface area contributed by atoms with Crippen molar-refractivity contribution in [3.05, 3.63) is 23.3 Å². The molecular weight excluding hydrogens is 228 g/mol. The van der Waals surface area contributed by atoms with E-state index in [1.165, 1.54) is 6.07 Å². The van der Waals surface area contributed by atoms with Crippen LogP contribution >= 0.6 is 0 Å². The summed E-state index contributed by atoms with van der Waals surface area (Å²) < 4.78 is 0. The third kappa shape index (κ3) is 2.09. The topological polar surface area (TPSA) is 57.5 Å². The number of phenols is 2. The van der Waals surface area contributed by atoms with Gasteiger partial charge < -0.3 is 10.2 Å². The first-order valence-corrected chi connectivity index (χ1v) is 6.66. The molecule has 1 aliphatic carbocycles. The van der Waals surface area contributed by atoms with Crippen molar-refractivity contribution in [2.75, 3.05) is 0 Å². The van der Waals surface area contributed by atoms with Crippen molar-refractivity contribution in [2.45, 2.75) is 45.4 Å². The van der Waals surface area contributed by atoms with Gasteiger partial charge in [0.05, 0.1) is 5.56 Å². The quantitative estimate of drug-likeness (QED) is 0.800. The first kappa shape index (κ1) is 12.9. The van der Waals surface area contributed by atoms with Gasteiger partial charge in [-0.3, -0.25) is 4.79 Å². The molecule has 2 rings (SSSR count). The predicted octanol–water partition coefficient (Wildman–Crippen LogP) is 3.59. The number of fused-ring (bicyclic) bond motifs is 1. The van der Waals surface area contributed by atoms with Gasteiger partial charge >= 0.3 is 0 Å². The van der Waals surface area contributed by atoms with Crippen LogP contribution in [-0.2, 0) is 0 Å². The Morgan fingerprint density at radius 2 is 1.94 bits per heavy atom. The Morgan fingerprint density at radius 1 is 1.22 bits per heavy atom. The van der Waals surface area contributed by atoms with Crippen molar-refractivity contribution in [2.24, 2.45) is 5.92 Å². The Labute approximate surface area is 107 Å². The van der Waals surface area contributed by atoms with Crippen molar-refractivity contribution < 1.29 is 15.0 Å². The Bertz CT molecular complexity index is 465. The van der Waals surface area contributed by atoms with Gasteiger partial charge in [0.15, 0.2) is 5.78 Å². The third-order valence-corrected chi connectivity index (χ3v) is 3.93. The third-order valence-electron chi connectivity index (χ3n) is 3.93. The number of benzene rings is 1. The van der Waals surface area contributed by atoms with Crippen LogP contribution in [0.1, 0.15) is 61.4 Å². The van der Waals surface area contributed by atoms with E-state index >= 15 is 0 Å². The van der Waals surface area contributed by atoms with Crippen LogP contribution in [0.5, 0.6) is 11.5 Å². The van der Waals surface area contributed by atoms with E-state index in [1.54, 1.807) is 6.07 Å². The largest absolute Gasteiger partial charge is 0.508 e. The molecular formula is C15H20O3. The zero-order chi connectivity index (χ0) is 13.3. The number of aromatic hydroxyl groups is 2. The Hall–Kier alpha value is -1.51. The summed E-state index contributed by atoms with van der Waals surface area (Å²) >= 11 is 0. The van der Waals surface area contributed by atoms with E-state index in [0.29, 0.717) is 5.56 Å². The molecule has 2 atom stereocenters. The number of rotatable bonds is 4. The second-order valence-corrected chi connectivity index (χ2v) is 5.18. The van der Waals surface area contributed by atoms with Crippen LogP contribution in [0, 0.1) is 5.92 Å². The normalized spacial score (nSPS) is 22.2. The average molecular weight is 248 g/mol. The lowest BCUT2D eigenvalue weighted by Crippen LogP contribution is -2.11. The minimum atomic E-state index is -0.0835. The summed E-state index contributed by atoms with van der Waals surface area (Å²) in [5.41, 5.74) is 1.21. The average Bonchev–Trinajstić information content (AvgIpc) is 2.54. The van der Waals surface area contributed by atoms with Crippen LogP contribution in [0.3, 0.4) is 0 Å². The van der Waals surface area contributed by atoms with Gasteiger partial charge in [-0.15, -0.1) is 0 Å². The molecule has 0 unspecified atom stereocenters. The first-order chi connectivity index (χ1) is 8.56. The Balaban J connectivity index is 2.26. The van der Waals surface area contributed by atoms with E-state index in [9.17, 15) is 15.0 Å². The van der Waals surface area contributed by atoms with Crippen molar-refractivity contribution in [3.8, 4) is 11.5 Å². The van der Waals surface area contributed by atoms with Gasteiger partial charge in [0.2, 0.25) is 0 Å². The van der Waals surface area contributed by atoms with Crippen molar-refractivity contribution in [1.82, 2.24) is 0 Å². The fourth-order valence-electron chi connectivity index (χ4n) is 2.89. The lowest BCUT2D eigenvalue weighted by Gasteiger charge is -2.13. The molecule has 1 aromatic rings. The molecule has 0 aromatic heterocycles. The van der Waals surface area contributed by atoms with Gasteiger partial charge in [-0.1, -0.05) is 33.1 Å². The Kier molecular flexibility index (Phi) is 3.60. The van der Waals surface area contributed by atoms with Gasteiger partial charge in [-0.2, -0.15) is 0 Å². The summed E-state index contributed by atoms with van der Waals surface area (Å²) in [4.78, 5) is 12.3. The fraction of sp³-hybridized carbons (Fsp3) is 0.533. The number of Topliss-reactive ketones (excluding diaryl/α,β-unsaturated/α-hetero) is 1. The molecule has 18 heavy (non-hydrogen) atoms. The fourth-order valence-corrected chi connectivity index (χ4v) is 2.89. The lowest BCUT2D eigenvalue weighted by molar-refractivity contribution is 0.0915. The van der Waals surface area contributed by atoms with Gasteiger partial charge in [0.25, 0.3) is 0 Å². The van der Waals surface area contributed by atoms with E-state index in [-0.39, 0.29) is 29.1 Å². The summed E-state index contributed by atoms with van der Waals surface area (Å²) in [6.07, 6.45) is 4.17. The minimum Gasteiger partial charge on any atom is -0.508 e. The van der Waals surface area contributed by atoms with Crippen molar-refractivity contribution in [3.63, 3.8) is 0 Å². The van der Waals surface area contributed by atoms with Crippen LogP contribution in [0.25, 0.3) is 0 Å². The lowest BCUT2D eigenvalue weighted by atomic mass is 9.89. The van der Waals surface area contributed by atoms with E-state index in [0.717, 1.165) is 31.2 Å². The molecule has 3 heteroatoms. The maximum absolute atomic E-state index is 12.3. The number of carbonyl (C=O) groups is 1. The molecule has 1 aromatic carbocycles. The summed E-state index contributed by atoms with van der Waals surface area (Å²) in [5.74, 6) is 0.0210. The highest BCUT2D eigenvalue weighted by molar-refractivity contribution is 6.05. The number of ketones is 1. The van der Waals surface area contributed by atoms with Crippen LogP contribution in [0.2, 0.25) is 0 Å². The maximum atomic E-state index is 12.3. The second-order valence-electron chi connectivity index (χ2n) is 5.18. The highest BCUT2D eigenvalue weighted by Crippen LogP contribution is 2.45. The highest BCUT2D eigenvalue weighted by Gasteiger charge is 2.38. The SMILES string of the molecule is CCCCC[C@H]1C(=O)c2c(O)cc(O)cc2[C@H]1C. The molecule has 0 bridgehead atoms. The molecule has 1 aliphatic rings. The number of carbonyl (C=O) groups excluding carboxylic acids is 1. The van der Waals surface area contributed by atoms with Crippen LogP contribution in [0.15, 0.2) is 12.1 Å². The van der Waals surface area contributed by atoms with Gasteiger partial charge in [0.1, 0.15) is 11.5 Å². The first-order valence-electron chi connectivity index (χ1n) is 6.66. The Morgan fingerprint density at radius 3 is 2.61 bits per heavy atom. The molecule has 0 saturated carbocycles. The maximum Gasteiger partial charge on any atom is 0.170 e. The number of hydrogen-bond acceptors (Lipinski definition) is 3.